The van der Waals surface area contributed by atoms with Gasteiger partial charge in [-0.2, -0.15) is 0 Å². The highest BCUT2D eigenvalue weighted by Crippen LogP contribution is 2.37. The number of carbonyl (C=O) groups excluding carboxylic acids is 2. The highest BCUT2D eigenvalue weighted by atomic mass is 32.1. The third-order valence-corrected chi connectivity index (χ3v) is 7.61. The van der Waals surface area contributed by atoms with Crippen LogP contribution in [-0.4, -0.2) is 32.0 Å². The Hall–Kier alpha value is -2.98. The molecule has 3 heterocycles. The molecule has 9 heteroatoms. The van der Waals surface area contributed by atoms with E-state index in [1.807, 2.05) is 0 Å². The van der Waals surface area contributed by atoms with Crippen molar-refractivity contribution in [2.75, 3.05) is 0 Å². The van der Waals surface area contributed by atoms with Crippen LogP contribution in [0, 0.1) is 6.92 Å². The number of aryl methyl sites for hydroxylation is 1. The van der Waals surface area contributed by atoms with Crippen LogP contribution in [-0.2, 0) is 9.59 Å². The number of aromatic nitrogens is 4. The number of hydrogen-bond acceptors (Lipinski definition) is 5. The van der Waals surface area contributed by atoms with Crippen molar-refractivity contribution in [3.8, 4) is 33.0 Å². The number of aromatic amines is 2. The maximum atomic E-state index is 10.7. The second-order valence-corrected chi connectivity index (χ2v) is 10.3. The summed E-state index contributed by atoms with van der Waals surface area (Å²) in [4.78, 5) is 37.7. The van der Waals surface area contributed by atoms with E-state index in [0.717, 1.165) is 40.1 Å². The van der Waals surface area contributed by atoms with E-state index in [0.29, 0.717) is 11.1 Å². The summed E-state index contributed by atoms with van der Waals surface area (Å²) in [6.45, 7) is 2.09. The number of benzene rings is 2. The summed E-state index contributed by atoms with van der Waals surface area (Å²) in [6.07, 6.45) is 3.56. The first kappa shape index (κ1) is 20.9. The standard InChI is InChI=1S/C23H18N4O2P2S/c1-13-6-15(4-5-17(13)19-10-25-23(27-19)31-12-29)21-8-16-3-2-14(7-20(16)32-21)18-9-24-22(26-18)30-11-28/h2-12,30-31H,1H3,(H,24,26)(H,25,27). The molecule has 0 aliphatic carbocycles. The fourth-order valence-electron chi connectivity index (χ4n) is 3.64. The lowest BCUT2D eigenvalue weighted by Gasteiger charge is -2.06. The topological polar surface area (TPSA) is 91.5 Å². The summed E-state index contributed by atoms with van der Waals surface area (Å²) in [7, 11) is 0.0830. The molecule has 0 aliphatic rings. The van der Waals surface area contributed by atoms with E-state index in [1.54, 1.807) is 23.7 Å². The Bertz CT molecular complexity index is 1450. The van der Waals surface area contributed by atoms with Crippen molar-refractivity contribution in [2.24, 2.45) is 0 Å². The van der Waals surface area contributed by atoms with Crippen LogP contribution in [0.2, 0.25) is 0 Å². The lowest BCUT2D eigenvalue weighted by Crippen LogP contribution is -1.98. The van der Waals surface area contributed by atoms with E-state index in [2.05, 4.69) is 69.3 Å². The number of nitrogens with one attached hydrogen (secondary N) is 2. The van der Waals surface area contributed by atoms with Gasteiger partial charge in [-0.05, 0) is 41.6 Å². The van der Waals surface area contributed by atoms with Gasteiger partial charge in [0.2, 0.25) is 0 Å². The minimum Gasteiger partial charge on any atom is -0.338 e. The summed E-state index contributed by atoms with van der Waals surface area (Å²) in [5.74, 6) is 0. The Labute approximate surface area is 191 Å². The van der Waals surface area contributed by atoms with E-state index in [4.69, 9.17) is 0 Å². The van der Waals surface area contributed by atoms with Gasteiger partial charge in [-0.25, -0.2) is 9.97 Å². The first-order chi connectivity index (χ1) is 15.6. The van der Waals surface area contributed by atoms with Gasteiger partial charge < -0.3 is 9.97 Å². The first-order valence-electron chi connectivity index (χ1n) is 9.80. The summed E-state index contributed by atoms with van der Waals surface area (Å²) in [6, 6.07) is 16.7. The number of fused-ring (bicyclic) bond motifs is 1. The highest BCUT2D eigenvalue weighted by molar-refractivity contribution is 7.62. The normalized spacial score (nSPS) is 11.9. The van der Waals surface area contributed by atoms with Gasteiger partial charge in [-0.1, -0.05) is 24.3 Å². The van der Waals surface area contributed by atoms with E-state index in [9.17, 15) is 9.59 Å². The zero-order valence-corrected chi connectivity index (χ0v) is 19.8. The van der Waals surface area contributed by atoms with Crippen LogP contribution in [0.15, 0.2) is 54.9 Å². The molecule has 0 aliphatic heterocycles. The quantitative estimate of drug-likeness (QED) is 0.264. The van der Waals surface area contributed by atoms with Gasteiger partial charge in [0.15, 0.2) is 0 Å². The predicted molar refractivity (Wildman–Crippen MR) is 137 cm³/mol. The van der Waals surface area contributed by atoms with Crippen LogP contribution >= 0.6 is 28.5 Å². The monoisotopic (exact) mass is 476 g/mol. The molecule has 2 atom stereocenters. The van der Waals surface area contributed by atoms with E-state index < -0.39 is 0 Å². The number of carbonyl (C=O) groups is 2. The molecule has 5 aromatic rings. The maximum absolute atomic E-state index is 10.7. The Balaban J connectivity index is 1.45. The van der Waals surface area contributed by atoms with Gasteiger partial charge >= 0.3 is 0 Å². The van der Waals surface area contributed by atoms with E-state index in [1.165, 1.54) is 20.5 Å². The van der Waals surface area contributed by atoms with Crippen molar-refractivity contribution in [1.82, 2.24) is 19.9 Å². The molecule has 0 spiro atoms. The lowest BCUT2D eigenvalue weighted by molar-refractivity contribution is 0.569. The molecule has 0 saturated carbocycles. The molecule has 0 bridgehead atoms. The van der Waals surface area contributed by atoms with Gasteiger partial charge in [0.1, 0.15) is 23.2 Å². The number of rotatable bonds is 7. The van der Waals surface area contributed by atoms with Crippen molar-refractivity contribution in [1.29, 1.82) is 0 Å². The second-order valence-electron chi connectivity index (χ2n) is 7.21. The predicted octanol–water partition coefficient (Wildman–Crippen LogP) is 4.64. The fraction of sp³-hybridized carbons (Fsp3) is 0.0435. The largest absolute Gasteiger partial charge is 0.338 e. The number of nitrogens with zero attached hydrogens (tertiary/aromatic N) is 2. The van der Waals surface area contributed by atoms with Gasteiger partial charge in [0, 0.05) is 37.9 Å². The fourth-order valence-corrected chi connectivity index (χ4v) is 5.66. The molecule has 0 saturated heterocycles. The van der Waals surface area contributed by atoms with Crippen molar-refractivity contribution in [3.05, 3.63) is 60.4 Å². The second kappa shape index (κ2) is 8.87. The zero-order chi connectivity index (χ0) is 22.1. The SMILES string of the molecule is Cc1cc(-c2cc3ccc(-c4cnc(PC=O)[nH]4)cc3s2)ccc1-c1cnc(PC=O)[nH]1. The number of imidazole rings is 2. The lowest BCUT2D eigenvalue weighted by atomic mass is 10.0. The minimum atomic E-state index is 0.0414. The van der Waals surface area contributed by atoms with Crippen LogP contribution in [0.1, 0.15) is 5.56 Å². The molecule has 0 fully saturated rings. The summed E-state index contributed by atoms with van der Waals surface area (Å²) in [5, 5.41) is 1.19. The molecule has 158 valence electrons. The Morgan fingerprint density at radius 2 is 1.53 bits per heavy atom. The van der Waals surface area contributed by atoms with Crippen LogP contribution in [0.4, 0.5) is 0 Å². The number of hydrogen-bond donors (Lipinski definition) is 2. The molecular weight excluding hydrogens is 458 g/mol. The summed E-state index contributed by atoms with van der Waals surface area (Å²) >= 11 is 1.75. The van der Waals surface area contributed by atoms with Crippen molar-refractivity contribution >= 4 is 61.8 Å². The smallest absolute Gasteiger partial charge is 0.146 e. The van der Waals surface area contributed by atoms with Crippen molar-refractivity contribution < 1.29 is 9.59 Å². The van der Waals surface area contributed by atoms with Crippen LogP contribution in [0.25, 0.3) is 43.0 Å². The maximum Gasteiger partial charge on any atom is 0.146 e. The molecule has 3 aromatic heterocycles. The van der Waals surface area contributed by atoms with Crippen LogP contribution in [0.5, 0.6) is 0 Å². The highest BCUT2D eigenvalue weighted by Gasteiger charge is 2.11. The minimum absolute atomic E-state index is 0.0414. The molecule has 5 rings (SSSR count). The third-order valence-electron chi connectivity index (χ3n) is 5.18. The Morgan fingerprint density at radius 3 is 2.25 bits per heavy atom. The third kappa shape index (κ3) is 4.07. The summed E-state index contributed by atoms with van der Waals surface area (Å²) in [5.41, 5.74) is 7.69. The van der Waals surface area contributed by atoms with Gasteiger partial charge in [-0.3, -0.25) is 9.59 Å². The molecule has 2 N–H and O–H groups in total. The zero-order valence-electron chi connectivity index (χ0n) is 17.0. The first-order valence-corrected chi connectivity index (χ1v) is 12.8. The van der Waals surface area contributed by atoms with Crippen molar-refractivity contribution in [2.45, 2.75) is 6.92 Å². The van der Waals surface area contributed by atoms with Gasteiger partial charge in [-0.15, -0.1) is 11.3 Å². The average Bonchev–Trinajstić information content (AvgIpc) is 3.53. The van der Waals surface area contributed by atoms with Gasteiger partial charge in [0.25, 0.3) is 0 Å². The molecule has 0 radical (unpaired) electrons. The average molecular weight is 476 g/mol. The molecule has 2 unspecified atom stereocenters. The summed E-state index contributed by atoms with van der Waals surface area (Å²) < 4.78 is 1.20. The number of thiophene rings is 1. The van der Waals surface area contributed by atoms with Gasteiger partial charge in [0.05, 0.1) is 23.8 Å². The van der Waals surface area contributed by atoms with E-state index in [-0.39, 0.29) is 17.2 Å². The molecule has 6 nitrogen and oxygen atoms in total. The van der Waals surface area contributed by atoms with Crippen molar-refractivity contribution in [3.63, 3.8) is 0 Å². The molecular formula is C23H18N4O2P2S. The van der Waals surface area contributed by atoms with E-state index >= 15 is 0 Å². The van der Waals surface area contributed by atoms with Crippen LogP contribution < -0.4 is 11.1 Å². The Morgan fingerprint density at radius 1 is 0.844 bits per heavy atom. The van der Waals surface area contributed by atoms with Crippen LogP contribution in [0.3, 0.4) is 0 Å². The Kier molecular flexibility index (Phi) is 5.79. The molecule has 32 heavy (non-hydrogen) atoms. The molecule has 0 amide bonds. The number of H-pyrrole nitrogens is 2. The molecule has 2 aromatic carbocycles.